The molecule has 2 aromatic carbocycles. The average molecular weight is 478 g/mol. The summed E-state index contributed by atoms with van der Waals surface area (Å²) in [6.07, 6.45) is 0. The zero-order valence-corrected chi connectivity index (χ0v) is 20.5. The fourth-order valence-corrected chi connectivity index (χ4v) is 4.01. The van der Waals surface area contributed by atoms with E-state index in [4.69, 9.17) is 9.84 Å². The number of carbonyl (C=O) groups is 3. The van der Waals surface area contributed by atoms with Gasteiger partial charge in [0, 0.05) is 57.5 Å². The van der Waals surface area contributed by atoms with Crippen molar-refractivity contribution in [2.75, 3.05) is 40.9 Å². The van der Waals surface area contributed by atoms with E-state index >= 15 is 0 Å². The number of benzene rings is 2. The summed E-state index contributed by atoms with van der Waals surface area (Å²) in [5.41, 5.74) is 3.09. The second kappa shape index (κ2) is 11.3. The third kappa shape index (κ3) is 6.34. The molecular formula is C27H31N3O5. The summed E-state index contributed by atoms with van der Waals surface area (Å²) in [4.78, 5) is 40.1. The molecule has 0 saturated carbocycles. The monoisotopic (exact) mass is 477 g/mol. The van der Waals surface area contributed by atoms with E-state index in [9.17, 15) is 14.4 Å². The Morgan fingerprint density at radius 3 is 2.11 bits per heavy atom. The van der Waals surface area contributed by atoms with Crippen molar-refractivity contribution in [1.82, 2.24) is 15.1 Å². The van der Waals surface area contributed by atoms with Gasteiger partial charge < -0.3 is 20.1 Å². The highest BCUT2D eigenvalue weighted by atomic mass is 16.5. The minimum atomic E-state index is -1.40. The maximum Gasteiger partial charge on any atom is 0.254 e. The molecule has 184 valence electrons. The maximum absolute atomic E-state index is 12.8. The largest absolute Gasteiger partial charge is 0.388 e. The fourth-order valence-electron chi connectivity index (χ4n) is 4.01. The molecular weight excluding hydrogens is 446 g/mol. The molecule has 0 aliphatic carbocycles. The third-order valence-corrected chi connectivity index (χ3v) is 6.12. The van der Waals surface area contributed by atoms with Gasteiger partial charge in [-0.3, -0.25) is 19.3 Å². The van der Waals surface area contributed by atoms with Crippen molar-refractivity contribution in [1.29, 1.82) is 0 Å². The molecule has 8 heteroatoms. The summed E-state index contributed by atoms with van der Waals surface area (Å²) in [6, 6.07) is 13.3. The van der Waals surface area contributed by atoms with E-state index in [0.29, 0.717) is 5.56 Å². The molecule has 3 rings (SSSR count). The smallest absolute Gasteiger partial charge is 0.254 e. The van der Waals surface area contributed by atoms with Gasteiger partial charge in [0.1, 0.15) is 6.61 Å². The lowest BCUT2D eigenvalue weighted by molar-refractivity contribution is -0.135. The van der Waals surface area contributed by atoms with Crippen LogP contribution in [0.25, 0.3) is 0 Å². The number of aliphatic hydroxyl groups is 1. The fraction of sp³-hybridized carbons (Fsp3) is 0.370. The number of ether oxygens (including phenoxy) is 1. The maximum atomic E-state index is 12.8. The first-order chi connectivity index (χ1) is 16.7. The van der Waals surface area contributed by atoms with Crippen molar-refractivity contribution in [2.24, 2.45) is 0 Å². The number of amides is 2. The molecule has 2 N–H and O–H groups in total. The Hall–Kier alpha value is -3.51. The molecule has 2 amide bonds. The van der Waals surface area contributed by atoms with Gasteiger partial charge in [-0.1, -0.05) is 24.0 Å². The topological polar surface area (TPSA) is 99.2 Å². The summed E-state index contributed by atoms with van der Waals surface area (Å²) in [5.74, 6) is 4.28. The molecule has 1 aliphatic heterocycles. The molecule has 0 aromatic heterocycles. The molecule has 0 bridgehead atoms. The highest BCUT2D eigenvalue weighted by molar-refractivity contribution is 6.10. The number of hydrogen-bond acceptors (Lipinski definition) is 6. The molecule has 1 unspecified atom stereocenters. The Bertz CT molecular complexity index is 1110. The molecule has 8 nitrogen and oxygen atoms in total. The van der Waals surface area contributed by atoms with Crippen molar-refractivity contribution >= 4 is 17.6 Å². The summed E-state index contributed by atoms with van der Waals surface area (Å²) < 4.78 is 5.49. The van der Waals surface area contributed by atoms with Gasteiger partial charge in [-0.05, 0) is 48.9 Å². The minimum Gasteiger partial charge on any atom is -0.388 e. The first kappa shape index (κ1) is 26.1. The molecule has 0 radical (unpaired) electrons. The van der Waals surface area contributed by atoms with Gasteiger partial charge in [0.15, 0.2) is 11.8 Å². The van der Waals surface area contributed by atoms with Crippen LogP contribution >= 0.6 is 0 Å². The Morgan fingerprint density at radius 1 is 1.09 bits per heavy atom. The Morgan fingerprint density at radius 2 is 1.63 bits per heavy atom. The van der Waals surface area contributed by atoms with E-state index in [0.717, 1.165) is 35.7 Å². The Labute approximate surface area is 205 Å². The summed E-state index contributed by atoms with van der Waals surface area (Å²) >= 11 is 0. The van der Waals surface area contributed by atoms with Crippen molar-refractivity contribution < 1.29 is 24.2 Å². The van der Waals surface area contributed by atoms with Crippen LogP contribution in [0.5, 0.6) is 0 Å². The number of Topliss-reactive ketones (excluding diaryl/α,β-unsaturated/α-hetero) is 1. The molecule has 0 spiro atoms. The first-order valence-electron chi connectivity index (χ1n) is 11.3. The Kier molecular flexibility index (Phi) is 8.41. The second-order valence-electron chi connectivity index (χ2n) is 8.88. The molecule has 35 heavy (non-hydrogen) atoms. The lowest BCUT2D eigenvalue weighted by atomic mass is 9.95. The van der Waals surface area contributed by atoms with Crippen molar-refractivity contribution in [3.05, 3.63) is 70.8 Å². The van der Waals surface area contributed by atoms with Crippen LogP contribution in [-0.4, -0.2) is 85.0 Å². The summed E-state index contributed by atoms with van der Waals surface area (Å²) in [7, 11) is 4.47. The average Bonchev–Trinajstić information content (AvgIpc) is 2.86. The van der Waals surface area contributed by atoms with Crippen LogP contribution in [0.1, 0.15) is 34.0 Å². The highest BCUT2D eigenvalue weighted by Crippen LogP contribution is 2.25. The number of methoxy groups -OCH3 is 1. The number of ketones is 1. The first-order valence-corrected chi connectivity index (χ1v) is 11.3. The van der Waals surface area contributed by atoms with E-state index in [1.165, 1.54) is 19.7 Å². The number of likely N-dealkylation sites (N-methyl/N-ethyl adjacent to an activating group) is 2. The quantitative estimate of drug-likeness (QED) is 0.436. The van der Waals surface area contributed by atoms with Crippen molar-refractivity contribution in [2.45, 2.75) is 25.1 Å². The molecule has 1 heterocycles. The van der Waals surface area contributed by atoms with E-state index < -0.39 is 30.2 Å². The Balaban J connectivity index is 1.62. The lowest BCUT2D eigenvalue weighted by Crippen LogP contribution is -2.60. The predicted molar refractivity (Wildman–Crippen MR) is 132 cm³/mol. The highest BCUT2D eigenvalue weighted by Gasteiger charge is 2.38. The number of carbonyl (C=O) groups excluding carboxylic acids is 3. The number of hydrogen-bond donors (Lipinski definition) is 2. The van der Waals surface area contributed by atoms with Crippen LogP contribution in [-0.2, 0) is 20.9 Å². The molecule has 1 saturated heterocycles. The van der Waals surface area contributed by atoms with Gasteiger partial charge in [-0.15, -0.1) is 0 Å². The van der Waals surface area contributed by atoms with Crippen LogP contribution in [0.15, 0.2) is 48.5 Å². The van der Waals surface area contributed by atoms with Gasteiger partial charge in [0.25, 0.3) is 5.91 Å². The van der Waals surface area contributed by atoms with Crippen LogP contribution in [0.4, 0.5) is 0 Å². The SMILES string of the molecule is CNC(=O)C(C(=O)CO)N(C)C(=O)c1ccc(C#Cc2ccc(CN3CC(C)(OC)C3)cc2)cc1. The normalized spacial score (nSPS) is 15.2. The van der Waals surface area contributed by atoms with Crippen molar-refractivity contribution in [3.8, 4) is 11.8 Å². The van der Waals surface area contributed by atoms with Gasteiger partial charge in [0.05, 0.1) is 5.60 Å². The number of likely N-dealkylation sites (tertiary alicyclic amines) is 1. The third-order valence-electron chi connectivity index (χ3n) is 6.12. The van der Waals surface area contributed by atoms with Gasteiger partial charge in [-0.2, -0.15) is 0 Å². The van der Waals surface area contributed by atoms with Crippen LogP contribution in [0, 0.1) is 11.8 Å². The summed E-state index contributed by atoms with van der Waals surface area (Å²) in [5, 5.41) is 11.5. The van der Waals surface area contributed by atoms with E-state index in [2.05, 4.69) is 41.1 Å². The molecule has 2 aromatic rings. The number of nitrogens with one attached hydrogen (secondary N) is 1. The number of rotatable bonds is 8. The molecule has 1 atom stereocenters. The zero-order chi connectivity index (χ0) is 25.6. The van der Waals surface area contributed by atoms with Gasteiger partial charge in [0.2, 0.25) is 5.91 Å². The van der Waals surface area contributed by atoms with E-state index in [-0.39, 0.29) is 5.60 Å². The lowest BCUT2D eigenvalue weighted by Gasteiger charge is -2.47. The molecule has 1 fully saturated rings. The van der Waals surface area contributed by atoms with E-state index in [1.807, 2.05) is 12.1 Å². The zero-order valence-electron chi connectivity index (χ0n) is 20.5. The van der Waals surface area contributed by atoms with Crippen LogP contribution in [0.3, 0.4) is 0 Å². The minimum absolute atomic E-state index is 0.0380. The number of aliphatic hydroxyl groups excluding tert-OH is 1. The van der Waals surface area contributed by atoms with Gasteiger partial charge in [-0.25, -0.2) is 0 Å². The predicted octanol–water partition coefficient (Wildman–Crippen LogP) is 1.06. The summed E-state index contributed by atoms with van der Waals surface area (Å²) in [6.45, 7) is 3.99. The van der Waals surface area contributed by atoms with Gasteiger partial charge >= 0.3 is 0 Å². The van der Waals surface area contributed by atoms with E-state index in [1.54, 1.807) is 31.4 Å². The van der Waals surface area contributed by atoms with Crippen LogP contribution in [0.2, 0.25) is 0 Å². The van der Waals surface area contributed by atoms with Crippen molar-refractivity contribution in [3.63, 3.8) is 0 Å². The standard InChI is InChI=1S/C27H31N3O5/c1-27(35-4)17-30(18-27)15-21-9-7-19(8-10-21)5-6-20-11-13-22(14-12-20)26(34)29(3)24(23(32)16-31)25(33)28-2/h7-14,24,31H,15-18H2,1-4H3,(H,28,33). The number of nitrogens with zero attached hydrogens (tertiary/aromatic N) is 2. The second-order valence-corrected chi connectivity index (χ2v) is 8.88. The van der Waals surface area contributed by atoms with Crippen LogP contribution < -0.4 is 5.32 Å². The molecule has 1 aliphatic rings.